The van der Waals surface area contributed by atoms with Gasteiger partial charge in [0.25, 0.3) is 0 Å². The fourth-order valence-electron chi connectivity index (χ4n) is 2.06. The Kier molecular flexibility index (Phi) is 3.23. The Bertz CT molecular complexity index is 357. The highest BCUT2D eigenvalue weighted by molar-refractivity contribution is 8.01. The van der Waals surface area contributed by atoms with Gasteiger partial charge in [0.2, 0.25) is 5.91 Å². The molecule has 5 heteroatoms. The number of H-pyrrole nitrogens is 1. The number of aromatic nitrogens is 2. The lowest BCUT2D eigenvalue weighted by Gasteiger charge is -2.27. The van der Waals surface area contributed by atoms with E-state index in [4.69, 9.17) is 0 Å². The summed E-state index contributed by atoms with van der Waals surface area (Å²) in [4.78, 5) is 14.1. The molecule has 0 aliphatic carbocycles. The van der Waals surface area contributed by atoms with Crippen molar-refractivity contribution in [2.45, 2.75) is 31.1 Å². The van der Waals surface area contributed by atoms with Crippen LogP contribution in [0.25, 0.3) is 0 Å². The molecule has 0 spiro atoms. The Labute approximate surface area is 99.8 Å². The average Bonchev–Trinajstić information content (AvgIpc) is 2.89. The quantitative estimate of drug-likeness (QED) is 0.872. The number of amides is 1. The molecule has 1 unspecified atom stereocenters. The van der Waals surface area contributed by atoms with Crippen molar-refractivity contribution >= 4 is 17.7 Å². The average molecular weight is 239 g/mol. The molecule has 2 rings (SSSR count). The van der Waals surface area contributed by atoms with E-state index in [1.165, 1.54) is 0 Å². The van der Waals surface area contributed by atoms with Crippen LogP contribution in [0.1, 0.15) is 25.3 Å². The highest BCUT2D eigenvalue weighted by atomic mass is 32.2. The fraction of sp³-hybridized carbons (Fsp3) is 0.636. The van der Waals surface area contributed by atoms with Gasteiger partial charge in [0.15, 0.2) is 0 Å². The summed E-state index contributed by atoms with van der Waals surface area (Å²) in [6.45, 7) is 2.68. The number of carbonyl (C=O) groups excluding carboxylic acids is 1. The fourth-order valence-corrected chi connectivity index (χ4v) is 3.37. The Morgan fingerprint density at radius 1 is 1.75 bits per heavy atom. The summed E-state index contributed by atoms with van der Waals surface area (Å²) in [5, 5.41) is 6.64. The van der Waals surface area contributed by atoms with E-state index < -0.39 is 0 Å². The number of rotatable bonds is 3. The lowest BCUT2D eigenvalue weighted by atomic mass is 10.0. The van der Waals surface area contributed by atoms with Crippen molar-refractivity contribution in [3.63, 3.8) is 0 Å². The van der Waals surface area contributed by atoms with Gasteiger partial charge in [0.05, 0.1) is 10.9 Å². The topological polar surface area (TPSA) is 49.0 Å². The van der Waals surface area contributed by atoms with Gasteiger partial charge >= 0.3 is 0 Å². The molecule has 0 radical (unpaired) electrons. The molecule has 1 atom stereocenters. The molecule has 1 aromatic heterocycles. The maximum atomic E-state index is 12.3. The van der Waals surface area contributed by atoms with Crippen molar-refractivity contribution in [3.8, 4) is 0 Å². The molecule has 16 heavy (non-hydrogen) atoms. The predicted molar refractivity (Wildman–Crippen MR) is 65.2 cm³/mol. The summed E-state index contributed by atoms with van der Waals surface area (Å²) in [5.41, 5.74) is 1.04. The van der Waals surface area contributed by atoms with Gasteiger partial charge in [-0.15, -0.1) is 11.8 Å². The van der Waals surface area contributed by atoms with E-state index in [1.54, 1.807) is 22.9 Å². The first-order chi connectivity index (χ1) is 7.62. The smallest absolute Gasteiger partial charge is 0.238 e. The third-order valence-corrected chi connectivity index (χ3v) is 4.50. The summed E-state index contributed by atoms with van der Waals surface area (Å²) >= 11 is 1.78. The monoisotopic (exact) mass is 239 g/mol. The minimum atomic E-state index is -0.210. The molecule has 0 bridgehead atoms. The van der Waals surface area contributed by atoms with E-state index in [2.05, 4.69) is 17.1 Å². The summed E-state index contributed by atoms with van der Waals surface area (Å²) < 4.78 is -0.210. The summed E-state index contributed by atoms with van der Waals surface area (Å²) in [7, 11) is 1.86. The summed E-state index contributed by atoms with van der Waals surface area (Å²) in [6.07, 6.45) is 5.72. The number of nitrogens with zero attached hydrogens (tertiary/aromatic N) is 2. The molecule has 88 valence electrons. The van der Waals surface area contributed by atoms with E-state index in [0.29, 0.717) is 6.54 Å². The number of hydrogen-bond donors (Lipinski definition) is 1. The minimum Gasteiger partial charge on any atom is -0.340 e. The maximum Gasteiger partial charge on any atom is 0.238 e. The van der Waals surface area contributed by atoms with Crippen LogP contribution in [0, 0.1) is 0 Å². The lowest BCUT2D eigenvalue weighted by molar-refractivity contribution is -0.132. The maximum absolute atomic E-state index is 12.3. The molecule has 1 aliphatic rings. The summed E-state index contributed by atoms with van der Waals surface area (Å²) in [6, 6.07) is 0. The highest BCUT2D eigenvalue weighted by Crippen LogP contribution is 2.39. The number of carbonyl (C=O) groups is 1. The van der Waals surface area contributed by atoms with Crippen LogP contribution in [0.5, 0.6) is 0 Å². The Morgan fingerprint density at radius 2 is 2.56 bits per heavy atom. The van der Waals surface area contributed by atoms with Crippen LogP contribution < -0.4 is 0 Å². The number of nitrogens with one attached hydrogen (secondary N) is 1. The zero-order valence-corrected chi connectivity index (χ0v) is 10.5. The second kappa shape index (κ2) is 4.49. The van der Waals surface area contributed by atoms with E-state index in [9.17, 15) is 4.79 Å². The highest BCUT2D eigenvalue weighted by Gasteiger charge is 2.38. The van der Waals surface area contributed by atoms with Crippen LogP contribution in [0.4, 0.5) is 0 Å². The van der Waals surface area contributed by atoms with Gasteiger partial charge in [0, 0.05) is 25.4 Å². The largest absolute Gasteiger partial charge is 0.340 e. The van der Waals surface area contributed by atoms with Gasteiger partial charge in [-0.3, -0.25) is 9.89 Å². The first-order valence-corrected chi connectivity index (χ1v) is 6.47. The third kappa shape index (κ3) is 2.24. The van der Waals surface area contributed by atoms with Crippen LogP contribution in [-0.2, 0) is 11.3 Å². The number of hydrogen-bond acceptors (Lipinski definition) is 3. The second-order valence-electron chi connectivity index (χ2n) is 4.45. The van der Waals surface area contributed by atoms with Crippen molar-refractivity contribution in [2.75, 3.05) is 12.8 Å². The molecule has 1 fully saturated rings. The van der Waals surface area contributed by atoms with Gasteiger partial charge in [-0.25, -0.2) is 0 Å². The van der Waals surface area contributed by atoms with Crippen molar-refractivity contribution in [1.29, 1.82) is 0 Å². The van der Waals surface area contributed by atoms with Gasteiger partial charge < -0.3 is 4.90 Å². The first kappa shape index (κ1) is 11.5. The summed E-state index contributed by atoms with van der Waals surface area (Å²) in [5.74, 6) is 1.33. The van der Waals surface area contributed by atoms with Gasteiger partial charge in [0.1, 0.15) is 0 Å². The van der Waals surface area contributed by atoms with Gasteiger partial charge in [-0.05, 0) is 25.5 Å². The SMILES string of the molecule is CN(Cc1cn[nH]c1)C(=O)C1(C)CCCS1. The molecule has 0 saturated carbocycles. The molecule has 4 nitrogen and oxygen atoms in total. The minimum absolute atomic E-state index is 0.210. The molecular formula is C11H17N3OS. The zero-order chi connectivity index (χ0) is 11.6. The standard InChI is InChI=1S/C11H17N3OS/c1-11(4-3-5-16-11)10(15)14(2)8-9-6-12-13-7-9/h6-7H,3-5,8H2,1-2H3,(H,12,13). The number of thioether (sulfide) groups is 1. The van der Waals surface area contributed by atoms with Gasteiger partial charge in [-0.2, -0.15) is 5.10 Å². The lowest BCUT2D eigenvalue weighted by Crippen LogP contribution is -2.41. The Hall–Kier alpha value is -0.970. The van der Waals surface area contributed by atoms with Crippen LogP contribution in [0.15, 0.2) is 12.4 Å². The number of aromatic amines is 1. The van der Waals surface area contributed by atoms with Crippen LogP contribution in [0.3, 0.4) is 0 Å². The van der Waals surface area contributed by atoms with Crippen molar-refractivity contribution in [2.24, 2.45) is 0 Å². The molecule has 1 N–H and O–H groups in total. The van der Waals surface area contributed by atoms with Crippen molar-refractivity contribution in [1.82, 2.24) is 15.1 Å². The first-order valence-electron chi connectivity index (χ1n) is 5.49. The van der Waals surface area contributed by atoms with E-state index in [1.807, 2.05) is 13.2 Å². The van der Waals surface area contributed by atoms with E-state index in [-0.39, 0.29) is 10.7 Å². The van der Waals surface area contributed by atoms with Crippen LogP contribution in [-0.4, -0.2) is 38.6 Å². The van der Waals surface area contributed by atoms with E-state index >= 15 is 0 Å². The third-order valence-electron chi connectivity index (χ3n) is 2.99. The van der Waals surface area contributed by atoms with Gasteiger partial charge in [-0.1, -0.05) is 0 Å². The molecule has 1 aliphatic heterocycles. The van der Waals surface area contributed by atoms with Crippen LogP contribution >= 0.6 is 11.8 Å². The normalized spacial score (nSPS) is 24.6. The Balaban J connectivity index is 1.99. The zero-order valence-electron chi connectivity index (χ0n) is 9.69. The van der Waals surface area contributed by atoms with Crippen molar-refractivity contribution in [3.05, 3.63) is 18.0 Å². The molecule has 2 heterocycles. The van der Waals surface area contributed by atoms with E-state index in [0.717, 1.165) is 24.2 Å². The predicted octanol–water partition coefficient (Wildman–Crippen LogP) is 1.65. The molecule has 1 amide bonds. The molecule has 0 aromatic carbocycles. The van der Waals surface area contributed by atoms with Crippen LogP contribution in [0.2, 0.25) is 0 Å². The molecule has 1 aromatic rings. The Morgan fingerprint density at radius 3 is 3.12 bits per heavy atom. The molecular weight excluding hydrogens is 222 g/mol. The molecule has 1 saturated heterocycles. The van der Waals surface area contributed by atoms with Crippen molar-refractivity contribution < 1.29 is 4.79 Å². The second-order valence-corrected chi connectivity index (χ2v) is 6.05.